The second-order valence-corrected chi connectivity index (χ2v) is 1.78. The molecule has 0 aromatic rings. The summed E-state index contributed by atoms with van der Waals surface area (Å²) >= 11 is 3.96. The van der Waals surface area contributed by atoms with Crippen molar-refractivity contribution in [3.63, 3.8) is 0 Å². The lowest BCUT2D eigenvalue weighted by atomic mass is 10.7. The van der Waals surface area contributed by atoms with E-state index in [1.807, 2.05) is 0 Å². The number of hydrogen-bond acceptors (Lipinski definition) is 3. The van der Waals surface area contributed by atoms with Crippen molar-refractivity contribution in [3.05, 3.63) is 0 Å². The van der Waals surface area contributed by atoms with Crippen LogP contribution in [0.15, 0.2) is 0 Å². The van der Waals surface area contributed by atoms with Crippen LogP contribution in [0.4, 0.5) is 0 Å². The van der Waals surface area contributed by atoms with Gasteiger partial charge in [-0.25, -0.2) is 0 Å². The smallest absolute Gasteiger partial charge is 0.0700 e. The van der Waals surface area contributed by atoms with Crippen molar-refractivity contribution in [2.24, 2.45) is 0 Å². The fourth-order valence-electron chi connectivity index (χ4n) is 0.309. The van der Waals surface area contributed by atoms with E-state index in [9.17, 15) is 0 Å². The molecule has 0 heterocycles. The average Bonchev–Trinajstić information content (AvgIpc) is 1.81. The Hall–Kier alpha value is 0.230. The fraction of sp³-hybridized carbons (Fsp3) is 1.00. The molecule has 0 amide bonds. The first-order chi connectivity index (χ1) is 3.91. The van der Waals surface area contributed by atoms with Gasteiger partial charge in [0.2, 0.25) is 0 Å². The summed E-state index contributed by atoms with van der Waals surface area (Å²) in [7, 11) is 1.66. The second-order valence-electron chi connectivity index (χ2n) is 1.33. The van der Waals surface area contributed by atoms with Crippen molar-refractivity contribution in [1.82, 2.24) is 6.15 Å². The van der Waals surface area contributed by atoms with Crippen LogP contribution in [0.25, 0.3) is 0 Å². The van der Waals surface area contributed by atoms with Gasteiger partial charge in [-0.3, -0.25) is 0 Å². The summed E-state index contributed by atoms with van der Waals surface area (Å²) in [5.41, 5.74) is 0. The first-order valence-corrected chi connectivity index (χ1v) is 3.22. The van der Waals surface area contributed by atoms with Gasteiger partial charge in [-0.15, -0.1) is 0 Å². The van der Waals surface area contributed by atoms with E-state index < -0.39 is 0 Å². The molecule has 0 atom stereocenters. The molecule has 1 N–H and O–H groups in total. The summed E-state index contributed by atoms with van der Waals surface area (Å²) in [4.78, 5) is 0. The Morgan fingerprint density at radius 3 is 2.33 bits per heavy atom. The Labute approximate surface area is 61.7 Å². The fourth-order valence-corrected chi connectivity index (χ4v) is 0.438. The third-order valence-electron chi connectivity index (χ3n) is 0.667. The van der Waals surface area contributed by atoms with Crippen molar-refractivity contribution in [3.8, 4) is 0 Å². The molecule has 0 fully saturated rings. The summed E-state index contributed by atoms with van der Waals surface area (Å²) in [5.74, 6) is 0.781. The Morgan fingerprint density at radius 2 is 1.89 bits per heavy atom. The Balaban J connectivity index is 0. The first kappa shape index (κ1) is 12.0. The molecule has 0 aliphatic rings. The Kier molecular flexibility index (Phi) is 14.7. The molecule has 0 spiro atoms. The van der Waals surface area contributed by atoms with E-state index >= 15 is 0 Å². The van der Waals surface area contributed by atoms with Crippen LogP contribution in [0, 0.1) is 0 Å². The minimum absolute atomic E-state index is 0. The zero-order valence-corrected chi connectivity index (χ0v) is 6.49. The lowest BCUT2D eigenvalue weighted by molar-refractivity contribution is 0.0791. The third kappa shape index (κ3) is 11.7. The number of ether oxygens (including phenoxy) is 2. The molecule has 0 aromatic carbocycles. The minimum atomic E-state index is 0. The van der Waals surface area contributed by atoms with E-state index in [0.29, 0.717) is 19.8 Å². The van der Waals surface area contributed by atoms with Crippen LogP contribution in [-0.2, 0) is 9.47 Å². The zero-order valence-electron chi connectivity index (χ0n) is 5.59. The number of nitrogens with one attached hydrogen (secondary N) is 1. The first-order valence-electron chi connectivity index (χ1n) is 2.59. The van der Waals surface area contributed by atoms with E-state index in [0.717, 1.165) is 5.75 Å². The normalized spacial score (nSPS) is 8.67. The molecular weight excluding hydrogens is 138 g/mol. The molecular formula is C5H13NO2S. The average molecular weight is 151 g/mol. The highest BCUT2D eigenvalue weighted by atomic mass is 32.1. The summed E-state index contributed by atoms with van der Waals surface area (Å²) in [6.45, 7) is 2.07. The molecule has 0 aromatic heterocycles. The summed E-state index contributed by atoms with van der Waals surface area (Å²) < 4.78 is 9.76. The topological polar surface area (TPSA) is 50.5 Å². The predicted octanol–water partition coefficient (Wildman–Crippen LogP) is 0.313. The molecule has 0 rings (SSSR count). The number of rotatable bonds is 5. The van der Waals surface area contributed by atoms with Gasteiger partial charge in [0.1, 0.15) is 0 Å². The number of hydrogen-bond donors (Lipinski definition) is 1. The van der Waals surface area contributed by atoms with Crippen molar-refractivity contribution >= 4 is 12.6 Å². The number of methoxy groups -OCH3 is 1. The standard InChI is InChI=1S/C5H12O2S.HN/c1-6-2-3-7-4-5-8;/h8H,2-5H2,1H3;1H. The molecule has 0 aliphatic carbocycles. The van der Waals surface area contributed by atoms with Crippen LogP contribution in [-0.4, -0.2) is 32.7 Å². The maximum absolute atomic E-state index is 5.02. The summed E-state index contributed by atoms with van der Waals surface area (Å²) in [6, 6.07) is 0. The SMILES string of the molecule is COCCOCCS.[NH]. The monoisotopic (exact) mass is 151 g/mol. The molecule has 3 nitrogen and oxygen atoms in total. The van der Waals surface area contributed by atoms with Crippen molar-refractivity contribution < 1.29 is 9.47 Å². The van der Waals surface area contributed by atoms with Gasteiger partial charge in [-0.05, 0) is 0 Å². The van der Waals surface area contributed by atoms with E-state index in [-0.39, 0.29) is 6.15 Å². The van der Waals surface area contributed by atoms with E-state index in [1.54, 1.807) is 7.11 Å². The molecule has 4 heteroatoms. The molecule has 0 unspecified atom stereocenters. The van der Waals surface area contributed by atoms with Crippen LogP contribution >= 0.6 is 12.6 Å². The lowest BCUT2D eigenvalue weighted by Gasteiger charge is -1.98. The maximum Gasteiger partial charge on any atom is 0.0700 e. The summed E-state index contributed by atoms with van der Waals surface area (Å²) in [6.07, 6.45) is 0. The molecule has 56 valence electrons. The largest absolute Gasteiger partial charge is 0.382 e. The van der Waals surface area contributed by atoms with Crippen LogP contribution in [0.1, 0.15) is 0 Å². The van der Waals surface area contributed by atoms with Gasteiger partial charge in [0, 0.05) is 12.9 Å². The van der Waals surface area contributed by atoms with E-state index in [2.05, 4.69) is 12.6 Å². The Morgan fingerprint density at radius 1 is 1.22 bits per heavy atom. The van der Waals surface area contributed by atoms with Gasteiger partial charge in [0.15, 0.2) is 0 Å². The van der Waals surface area contributed by atoms with Crippen molar-refractivity contribution in [2.75, 3.05) is 32.7 Å². The van der Waals surface area contributed by atoms with Crippen LogP contribution in [0.3, 0.4) is 0 Å². The second kappa shape index (κ2) is 11.1. The molecule has 0 saturated heterocycles. The van der Waals surface area contributed by atoms with Gasteiger partial charge in [-0.1, -0.05) is 0 Å². The number of thiol groups is 1. The molecule has 0 aliphatic heterocycles. The van der Waals surface area contributed by atoms with Gasteiger partial charge < -0.3 is 9.47 Å². The quantitative estimate of drug-likeness (QED) is 0.454. The highest BCUT2D eigenvalue weighted by Crippen LogP contribution is 1.77. The van der Waals surface area contributed by atoms with Crippen LogP contribution < -0.4 is 6.15 Å². The van der Waals surface area contributed by atoms with Crippen molar-refractivity contribution in [1.29, 1.82) is 0 Å². The van der Waals surface area contributed by atoms with Gasteiger partial charge >= 0.3 is 0 Å². The van der Waals surface area contributed by atoms with E-state index in [4.69, 9.17) is 9.47 Å². The summed E-state index contributed by atoms with van der Waals surface area (Å²) in [5, 5.41) is 0. The highest BCUT2D eigenvalue weighted by molar-refractivity contribution is 7.80. The molecule has 9 heavy (non-hydrogen) atoms. The lowest BCUT2D eigenvalue weighted by Crippen LogP contribution is -2.03. The van der Waals surface area contributed by atoms with E-state index in [1.165, 1.54) is 0 Å². The molecule has 0 bridgehead atoms. The minimum Gasteiger partial charge on any atom is -0.382 e. The zero-order chi connectivity index (χ0) is 6.24. The van der Waals surface area contributed by atoms with Gasteiger partial charge in [-0.2, -0.15) is 18.8 Å². The van der Waals surface area contributed by atoms with Gasteiger partial charge in [0.25, 0.3) is 0 Å². The Bertz CT molecular complexity index is 39.9. The molecule has 2 radical (unpaired) electrons. The van der Waals surface area contributed by atoms with Gasteiger partial charge in [0.05, 0.1) is 19.8 Å². The predicted molar refractivity (Wildman–Crippen MR) is 39.6 cm³/mol. The molecule has 0 saturated carbocycles. The van der Waals surface area contributed by atoms with Crippen LogP contribution in [0.5, 0.6) is 0 Å². The third-order valence-corrected chi connectivity index (χ3v) is 0.850. The maximum atomic E-state index is 5.02. The van der Waals surface area contributed by atoms with Crippen LogP contribution in [0.2, 0.25) is 0 Å². The highest BCUT2D eigenvalue weighted by Gasteiger charge is 1.81. The van der Waals surface area contributed by atoms with Crippen molar-refractivity contribution in [2.45, 2.75) is 0 Å².